The number of carbonyl (C=O) groups is 1. The number of hydrogen-bond acceptors (Lipinski definition) is 5. The molecule has 0 bridgehead atoms. The molecule has 1 atom stereocenters. The predicted octanol–water partition coefficient (Wildman–Crippen LogP) is 3.57. The minimum Gasteiger partial charge on any atom is -0.508 e. The van der Waals surface area contributed by atoms with Crippen LogP contribution in [0.4, 0.5) is 18.9 Å². The highest BCUT2D eigenvalue weighted by Gasteiger charge is 2.45. The molecule has 0 aromatic heterocycles. The Balaban J connectivity index is 1.36. The molecule has 6 nitrogen and oxygen atoms in total. The van der Waals surface area contributed by atoms with Crippen LogP contribution in [0.1, 0.15) is 35.6 Å². The molecule has 2 fully saturated rings. The number of carboxylic acid groups (broad SMARTS) is 1. The van der Waals surface area contributed by atoms with Gasteiger partial charge in [0.25, 0.3) is 0 Å². The minimum atomic E-state index is -0.828. The van der Waals surface area contributed by atoms with E-state index in [4.69, 9.17) is 5.11 Å². The van der Waals surface area contributed by atoms with Crippen molar-refractivity contribution in [2.24, 2.45) is 5.41 Å². The summed E-state index contributed by atoms with van der Waals surface area (Å²) < 4.78 is 44.4. The minimum absolute atomic E-state index is 0.0483. The molecule has 0 aliphatic carbocycles. The number of rotatable bonds is 6. The Morgan fingerprint density at radius 1 is 1.06 bits per heavy atom. The van der Waals surface area contributed by atoms with E-state index >= 15 is 8.78 Å². The van der Waals surface area contributed by atoms with E-state index in [-0.39, 0.29) is 29.8 Å². The van der Waals surface area contributed by atoms with Crippen LogP contribution in [0.3, 0.4) is 0 Å². The van der Waals surface area contributed by atoms with Crippen molar-refractivity contribution in [2.45, 2.75) is 25.3 Å². The van der Waals surface area contributed by atoms with Gasteiger partial charge in [-0.2, -0.15) is 0 Å². The molecule has 5 rings (SSSR count). The van der Waals surface area contributed by atoms with Crippen molar-refractivity contribution in [3.05, 3.63) is 58.7 Å². The van der Waals surface area contributed by atoms with Crippen molar-refractivity contribution in [3.8, 4) is 5.75 Å². The number of fused-ring (bicyclic) bond motifs is 1. The lowest BCUT2D eigenvalue weighted by atomic mass is 9.72. The summed E-state index contributed by atoms with van der Waals surface area (Å²) in [7, 11) is 0. The highest BCUT2D eigenvalue weighted by atomic mass is 19.1. The summed E-state index contributed by atoms with van der Waals surface area (Å²) in [5, 5.41) is 18.8. The van der Waals surface area contributed by atoms with E-state index in [1.54, 1.807) is 17.0 Å². The third-order valence-electron chi connectivity index (χ3n) is 7.83. The second-order valence-electron chi connectivity index (χ2n) is 10.1. The lowest BCUT2D eigenvalue weighted by molar-refractivity contribution is -0.142. The average Bonchev–Trinajstić information content (AvgIpc) is 2.79. The van der Waals surface area contributed by atoms with Gasteiger partial charge in [0.15, 0.2) is 0 Å². The number of benzene rings is 2. The van der Waals surface area contributed by atoms with Crippen molar-refractivity contribution < 1.29 is 28.2 Å². The molecule has 2 saturated heterocycles. The van der Waals surface area contributed by atoms with Crippen LogP contribution in [0.25, 0.3) is 0 Å². The largest absolute Gasteiger partial charge is 0.508 e. The van der Waals surface area contributed by atoms with E-state index in [2.05, 4.69) is 0 Å². The van der Waals surface area contributed by atoms with Gasteiger partial charge in [0.1, 0.15) is 24.1 Å². The molecule has 0 amide bonds. The zero-order valence-electron chi connectivity index (χ0n) is 19.5. The van der Waals surface area contributed by atoms with Gasteiger partial charge in [0.05, 0.1) is 12.6 Å². The summed E-state index contributed by atoms with van der Waals surface area (Å²) in [6.07, 6.45) is 2.26. The topological polar surface area (TPSA) is 67.2 Å². The number of phenolic OH excluding ortho intramolecular Hbond substituents is 1. The van der Waals surface area contributed by atoms with Crippen molar-refractivity contribution in [1.29, 1.82) is 0 Å². The molecule has 9 heteroatoms. The summed E-state index contributed by atoms with van der Waals surface area (Å²) >= 11 is 0. The number of piperidine rings is 1. The van der Waals surface area contributed by atoms with Crippen LogP contribution < -0.4 is 4.90 Å². The number of anilines is 1. The van der Waals surface area contributed by atoms with Crippen LogP contribution in [0.2, 0.25) is 0 Å². The fourth-order valence-electron chi connectivity index (χ4n) is 6.13. The molecule has 0 saturated carbocycles. The molecule has 35 heavy (non-hydrogen) atoms. The molecule has 2 aromatic carbocycles. The third-order valence-corrected chi connectivity index (χ3v) is 7.83. The van der Waals surface area contributed by atoms with E-state index in [9.17, 15) is 14.3 Å². The summed E-state index contributed by atoms with van der Waals surface area (Å²) in [6, 6.07) is 6.76. The normalized spacial score (nSPS) is 22.1. The lowest BCUT2D eigenvalue weighted by Crippen LogP contribution is -2.61. The molecule has 3 aliphatic heterocycles. The first-order valence-corrected chi connectivity index (χ1v) is 12.1. The second-order valence-corrected chi connectivity index (χ2v) is 10.1. The maximum Gasteiger partial charge on any atom is 0.317 e. The predicted molar refractivity (Wildman–Crippen MR) is 126 cm³/mol. The molecule has 1 unspecified atom stereocenters. The Kier molecular flexibility index (Phi) is 6.40. The molecular formula is C26H30F3N3O3. The first-order chi connectivity index (χ1) is 16.8. The maximum atomic E-state index is 15.5. The second kappa shape index (κ2) is 9.35. The van der Waals surface area contributed by atoms with Gasteiger partial charge >= 0.3 is 5.97 Å². The Labute approximate surface area is 202 Å². The number of aromatic hydroxyl groups is 1. The van der Waals surface area contributed by atoms with Gasteiger partial charge in [-0.05, 0) is 60.1 Å². The number of halogens is 3. The van der Waals surface area contributed by atoms with Crippen LogP contribution in [0.15, 0.2) is 30.3 Å². The number of phenols is 1. The third kappa shape index (κ3) is 4.59. The zero-order chi connectivity index (χ0) is 24.7. The smallest absolute Gasteiger partial charge is 0.317 e. The van der Waals surface area contributed by atoms with E-state index in [0.717, 1.165) is 31.5 Å². The Morgan fingerprint density at radius 2 is 1.74 bits per heavy atom. The van der Waals surface area contributed by atoms with Gasteiger partial charge in [0.2, 0.25) is 0 Å². The van der Waals surface area contributed by atoms with E-state index < -0.39 is 30.3 Å². The standard InChI is InChI=1S/C26H30F3N3O3/c27-6-10-32-7-3-17-11-19(33)1-2-20(17)25(32)24-21(28)12-18(13-22(24)29)31-8-4-26(5-9-31)15-30(16-26)14-23(34)35/h1-2,11-13,25,33H,3-10,14-16H2,(H,34,35). The SMILES string of the molecule is O=C(O)CN1CC2(CCN(c3cc(F)c(C4c5ccc(O)cc5CCN4CCF)c(F)c3)CC2)C1. The van der Waals surface area contributed by atoms with Crippen LogP contribution in [-0.4, -0.2) is 78.5 Å². The number of aliphatic carboxylic acids is 1. The number of carboxylic acids is 1. The Morgan fingerprint density at radius 3 is 2.37 bits per heavy atom. The van der Waals surface area contributed by atoms with E-state index in [1.165, 1.54) is 18.2 Å². The van der Waals surface area contributed by atoms with Crippen molar-refractivity contribution in [2.75, 3.05) is 57.4 Å². The van der Waals surface area contributed by atoms with Gasteiger partial charge in [-0.1, -0.05) is 6.07 Å². The summed E-state index contributed by atoms with van der Waals surface area (Å²) in [6.45, 7) is 2.73. The first-order valence-electron chi connectivity index (χ1n) is 12.1. The monoisotopic (exact) mass is 489 g/mol. The van der Waals surface area contributed by atoms with E-state index in [0.29, 0.717) is 37.3 Å². The summed E-state index contributed by atoms with van der Waals surface area (Å²) in [5.74, 6) is -2.05. The Hall–Kier alpha value is -2.78. The van der Waals surface area contributed by atoms with Crippen LogP contribution in [0, 0.1) is 17.0 Å². The highest BCUT2D eigenvalue weighted by Crippen LogP contribution is 2.43. The van der Waals surface area contributed by atoms with Crippen molar-refractivity contribution >= 4 is 11.7 Å². The molecule has 0 radical (unpaired) electrons. The number of likely N-dealkylation sites (tertiary alicyclic amines) is 1. The summed E-state index contributed by atoms with van der Waals surface area (Å²) in [5.41, 5.74) is 1.98. The molecular weight excluding hydrogens is 459 g/mol. The number of hydrogen-bond donors (Lipinski definition) is 2. The van der Waals surface area contributed by atoms with Gasteiger partial charge in [-0.15, -0.1) is 0 Å². The van der Waals surface area contributed by atoms with Crippen LogP contribution in [0.5, 0.6) is 5.75 Å². The molecule has 1 spiro atoms. The Bertz CT molecular complexity index is 1090. The van der Waals surface area contributed by atoms with Gasteiger partial charge in [-0.25, -0.2) is 13.2 Å². The van der Waals surface area contributed by atoms with Crippen molar-refractivity contribution in [3.63, 3.8) is 0 Å². The molecule has 188 valence electrons. The fourth-order valence-corrected chi connectivity index (χ4v) is 6.13. The fraction of sp³-hybridized carbons (Fsp3) is 0.500. The number of alkyl halides is 1. The molecule has 3 heterocycles. The van der Waals surface area contributed by atoms with Gasteiger partial charge < -0.3 is 15.1 Å². The molecule has 2 aromatic rings. The van der Waals surface area contributed by atoms with Crippen molar-refractivity contribution in [1.82, 2.24) is 9.80 Å². The number of nitrogens with zero attached hydrogens (tertiary/aromatic N) is 3. The van der Waals surface area contributed by atoms with Crippen LogP contribution in [-0.2, 0) is 11.2 Å². The highest BCUT2D eigenvalue weighted by molar-refractivity contribution is 5.69. The molecule has 2 N–H and O–H groups in total. The zero-order valence-corrected chi connectivity index (χ0v) is 19.5. The molecule has 3 aliphatic rings. The van der Waals surface area contributed by atoms with Crippen LogP contribution >= 0.6 is 0 Å². The lowest BCUT2D eigenvalue weighted by Gasteiger charge is -2.54. The van der Waals surface area contributed by atoms with E-state index in [1.807, 2.05) is 9.80 Å². The average molecular weight is 490 g/mol. The first kappa shape index (κ1) is 23.9. The quantitative estimate of drug-likeness (QED) is 0.647. The maximum absolute atomic E-state index is 15.5. The summed E-state index contributed by atoms with van der Waals surface area (Å²) in [4.78, 5) is 16.6. The van der Waals surface area contributed by atoms with Gasteiger partial charge in [0, 0.05) is 50.5 Å². The van der Waals surface area contributed by atoms with Gasteiger partial charge in [-0.3, -0.25) is 14.6 Å².